The molecule has 0 saturated heterocycles. The normalized spacial score (nSPS) is 17.4. The van der Waals surface area contributed by atoms with Crippen molar-refractivity contribution >= 4 is 27.4 Å². The topological polar surface area (TPSA) is 62.3 Å². The first-order valence-corrected chi connectivity index (χ1v) is 8.60. The Labute approximate surface area is 125 Å². The number of hydrogen-bond donors (Lipinski definition) is 1. The van der Waals surface area contributed by atoms with Crippen molar-refractivity contribution < 1.29 is 8.42 Å². The van der Waals surface area contributed by atoms with Crippen LogP contribution < -0.4 is 5.32 Å². The molecule has 1 fully saturated rings. The van der Waals surface area contributed by atoms with Crippen molar-refractivity contribution in [2.24, 2.45) is 0 Å². The molecule has 0 aliphatic heterocycles. The Morgan fingerprint density at radius 3 is 2.55 bits per heavy atom. The van der Waals surface area contributed by atoms with E-state index in [9.17, 15) is 8.42 Å². The van der Waals surface area contributed by atoms with Gasteiger partial charge in [0, 0.05) is 26.3 Å². The zero-order chi connectivity index (χ0) is 14.8. The highest BCUT2D eigenvalue weighted by atomic mass is 35.5. The minimum atomic E-state index is -3.53. The fraction of sp³-hybridized carbons (Fsp3) is 0.615. The third kappa shape index (κ3) is 3.07. The average Bonchev–Trinajstić information content (AvgIpc) is 2.47. The molecule has 0 radical (unpaired) electrons. The Morgan fingerprint density at radius 2 is 2.00 bits per heavy atom. The molecule has 5 nitrogen and oxygen atoms in total. The molecule has 7 heteroatoms. The molecule has 2 rings (SSSR count). The quantitative estimate of drug-likeness (QED) is 0.927. The number of anilines is 1. The van der Waals surface area contributed by atoms with Gasteiger partial charge in [0.15, 0.2) is 0 Å². The lowest BCUT2D eigenvalue weighted by molar-refractivity contribution is 0.286. The first-order valence-electron chi connectivity index (χ1n) is 6.78. The van der Waals surface area contributed by atoms with Gasteiger partial charge >= 0.3 is 0 Å². The highest BCUT2D eigenvalue weighted by molar-refractivity contribution is 7.89. The van der Waals surface area contributed by atoms with E-state index in [2.05, 4.69) is 10.3 Å². The SMILES string of the molecule is CNc1ncc(S(=O)(=O)N(C)C2CCCCC2)cc1Cl. The van der Waals surface area contributed by atoms with Crippen LogP contribution >= 0.6 is 11.6 Å². The number of aromatic nitrogens is 1. The molecule has 1 heterocycles. The van der Waals surface area contributed by atoms with Crippen LogP contribution in [-0.4, -0.2) is 37.8 Å². The molecule has 1 N–H and O–H groups in total. The first kappa shape index (κ1) is 15.5. The van der Waals surface area contributed by atoms with Gasteiger partial charge in [-0.3, -0.25) is 0 Å². The fourth-order valence-electron chi connectivity index (χ4n) is 2.55. The van der Waals surface area contributed by atoms with Crippen LogP contribution in [0.15, 0.2) is 17.2 Å². The summed E-state index contributed by atoms with van der Waals surface area (Å²) in [5, 5.41) is 3.13. The Kier molecular flexibility index (Phi) is 4.88. The highest BCUT2D eigenvalue weighted by Gasteiger charge is 2.29. The van der Waals surface area contributed by atoms with E-state index in [1.54, 1.807) is 14.1 Å². The van der Waals surface area contributed by atoms with Gasteiger partial charge < -0.3 is 5.32 Å². The molecule has 0 unspecified atom stereocenters. The maximum atomic E-state index is 12.6. The second kappa shape index (κ2) is 6.28. The maximum absolute atomic E-state index is 12.6. The predicted octanol–water partition coefficient (Wildman–Crippen LogP) is 2.73. The molecule has 1 aromatic heterocycles. The summed E-state index contributed by atoms with van der Waals surface area (Å²) in [6.07, 6.45) is 6.56. The third-order valence-corrected chi connectivity index (χ3v) is 5.98. The molecule has 0 spiro atoms. The Balaban J connectivity index is 2.27. The molecule has 1 aliphatic rings. The molecular weight excluding hydrogens is 298 g/mol. The molecule has 1 aliphatic carbocycles. The number of rotatable bonds is 4. The maximum Gasteiger partial charge on any atom is 0.244 e. The van der Waals surface area contributed by atoms with E-state index in [1.807, 2.05) is 0 Å². The second-order valence-corrected chi connectivity index (χ2v) is 7.47. The van der Waals surface area contributed by atoms with Crippen molar-refractivity contribution in [3.05, 3.63) is 17.3 Å². The molecule has 1 aromatic rings. The van der Waals surface area contributed by atoms with Crippen molar-refractivity contribution in [1.29, 1.82) is 0 Å². The smallest absolute Gasteiger partial charge is 0.244 e. The summed E-state index contributed by atoms with van der Waals surface area (Å²) in [5.41, 5.74) is 0. The van der Waals surface area contributed by atoms with Crippen LogP contribution in [0.25, 0.3) is 0 Å². The summed E-state index contributed by atoms with van der Waals surface area (Å²) in [5.74, 6) is 0.478. The van der Waals surface area contributed by atoms with Crippen LogP contribution in [0, 0.1) is 0 Å². The molecule has 0 atom stereocenters. The summed E-state index contributed by atoms with van der Waals surface area (Å²) in [6, 6.07) is 1.53. The van der Waals surface area contributed by atoms with E-state index < -0.39 is 10.0 Å². The van der Waals surface area contributed by atoms with Crippen molar-refractivity contribution in [3.8, 4) is 0 Å². The standard InChI is InChI=1S/C13H20ClN3O2S/c1-15-13-12(14)8-11(9-16-13)20(18,19)17(2)10-6-4-3-5-7-10/h8-10H,3-7H2,1-2H3,(H,15,16). The Bertz CT molecular complexity index is 571. The van der Waals surface area contributed by atoms with E-state index in [-0.39, 0.29) is 10.9 Å². The van der Waals surface area contributed by atoms with E-state index in [0.717, 1.165) is 25.7 Å². The molecule has 0 aromatic carbocycles. The van der Waals surface area contributed by atoms with Crippen molar-refractivity contribution in [2.75, 3.05) is 19.4 Å². The van der Waals surface area contributed by atoms with E-state index in [0.29, 0.717) is 10.8 Å². The summed E-state index contributed by atoms with van der Waals surface area (Å²) >= 11 is 6.02. The number of nitrogens with one attached hydrogen (secondary N) is 1. The predicted molar refractivity (Wildman–Crippen MR) is 80.6 cm³/mol. The van der Waals surface area contributed by atoms with E-state index in [4.69, 9.17) is 11.6 Å². The van der Waals surface area contributed by atoms with Gasteiger partial charge in [0.1, 0.15) is 10.7 Å². The molecular formula is C13H20ClN3O2S. The molecule has 0 amide bonds. The van der Waals surface area contributed by atoms with Crippen LogP contribution in [0.4, 0.5) is 5.82 Å². The van der Waals surface area contributed by atoms with Gasteiger partial charge in [0.2, 0.25) is 10.0 Å². The molecule has 20 heavy (non-hydrogen) atoms. The Hall–Kier alpha value is -0.850. The Morgan fingerprint density at radius 1 is 1.35 bits per heavy atom. The third-order valence-electron chi connectivity index (χ3n) is 3.82. The van der Waals surface area contributed by atoms with Gasteiger partial charge in [-0.15, -0.1) is 0 Å². The van der Waals surface area contributed by atoms with Crippen LogP contribution in [0.2, 0.25) is 5.02 Å². The minimum Gasteiger partial charge on any atom is -0.372 e. The number of sulfonamides is 1. The number of nitrogens with zero attached hydrogens (tertiary/aromatic N) is 2. The van der Waals surface area contributed by atoms with Gasteiger partial charge in [-0.25, -0.2) is 13.4 Å². The highest BCUT2D eigenvalue weighted by Crippen LogP contribution is 2.28. The largest absolute Gasteiger partial charge is 0.372 e. The summed E-state index contributed by atoms with van der Waals surface area (Å²) in [4.78, 5) is 4.19. The van der Waals surface area contributed by atoms with Gasteiger partial charge in [-0.2, -0.15) is 4.31 Å². The van der Waals surface area contributed by atoms with Crippen molar-refractivity contribution in [2.45, 2.75) is 43.0 Å². The fourth-order valence-corrected chi connectivity index (χ4v) is 4.27. The van der Waals surface area contributed by atoms with Gasteiger partial charge in [0.25, 0.3) is 0 Å². The number of pyridine rings is 1. The molecule has 112 valence electrons. The first-order chi connectivity index (χ1) is 9.46. The summed E-state index contributed by atoms with van der Waals surface area (Å²) in [7, 11) is -0.192. The molecule has 0 bridgehead atoms. The van der Waals surface area contributed by atoms with Crippen LogP contribution in [-0.2, 0) is 10.0 Å². The van der Waals surface area contributed by atoms with Gasteiger partial charge in [0.05, 0.1) is 5.02 Å². The summed E-state index contributed by atoms with van der Waals surface area (Å²) < 4.78 is 26.7. The van der Waals surface area contributed by atoms with Gasteiger partial charge in [-0.05, 0) is 18.9 Å². The molecule has 1 saturated carbocycles. The summed E-state index contributed by atoms with van der Waals surface area (Å²) in [6.45, 7) is 0. The zero-order valence-electron chi connectivity index (χ0n) is 11.8. The van der Waals surface area contributed by atoms with Gasteiger partial charge in [-0.1, -0.05) is 30.9 Å². The van der Waals surface area contributed by atoms with E-state index >= 15 is 0 Å². The van der Waals surface area contributed by atoms with E-state index in [1.165, 1.54) is 23.0 Å². The van der Waals surface area contributed by atoms with Crippen molar-refractivity contribution in [1.82, 2.24) is 9.29 Å². The average molecular weight is 318 g/mol. The van der Waals surface area contributed by atoms with Crippen LogP contribution in [0.5, 0.6) is 0 Å². The second-order valence-electron chi connectivity index (χ2n) is 5.06. The van der Waals surface area contributed by atoms with Crippen LogP contribution in [0.3, 0.4) is 0 Å². The van der Waals surface area contributed by atoms with Crippen molar-refractivity contribution in [3.63, 3.8) is 0 Å². The van der Waals surface area contributed by atoms with Crippen LogP contribution in [0.1, 0.15) is 32.1 Å². The number of halogens is 1. The number of hydrogen-bond acceptors (Lipinski definition) is 4. The zero-order valence-corrected chi connectivity index (χ0v) is 13.3. The lowest BCUT2D eigenvalue weighted by Crippen LogP contribution is -2.38. The lowest BCUT2D eigenvalue weighted by atomic mass is 9.96. The minimum absolute atomic E-state index is 0.0801. The lowest BCUT2D eigenvalue weighted by Gasteiger charge is -2.30. The monoisotopic (exact) mass is 317 g/mol.